The third-order valence-corrected chi connectivity index (χ3v) is 12.1. The second kappa shape index (κ2) is 17.5. The lowest BCUT2D eigenvalue weighted by molar-refractivity contribution is 0.0352. The molecule has 0 saturated heterocycles. The lowest BCUT2D eigenvalue weighted by Crippen LogP contribution is -2.38. The normalized spacial score (nSPS) is 30.8. The lowest BCUT2D eigenvalue weighted by atomic mass is 9.58. The molecule has 0 bridgehead atoms. The molecule has 0 spiro atoms. The van der Waals surface area contributed by atoms with Crippen LogP contribution in [-0.2, 0) is 0 Å². The predicted octanol–water partition coefficient (Wildman–Crippen LogP) is 13.1. The monoisotopic (exact) mass is 527 g/mol. The molecule has 3 saturated carbocycles. The third kappa shape index (κ3) is 8.62. The zero-order valence-electron chi connectivity index (χ0n) is 27.0. The maximum absolute atomic E-state index is 2.60. The maximum Gasteiger partial charge on any atom is -0.0200 e. The van der Waals surface area contributed by atoms with Gasteiger partial charge in [-0.1, -0.05) is 136 Å². The van der Waals surface area contributed by atoms with Crippen molar-refractivity contribution in [1.82, 2.24) is 0 Å². The fourth-order valence-electron chi connectivity index (χ4n) is 10.1. The molecule has 0 N–H and O–H groups in total. The summed E-state index contributed by atoms with van der Waals surface area (Å²) < 4.78 is 0. The van der Waals surface area contributed by atoms with Gasteiger partial charge in [-0.3, -0.25) is 0 Å². The highest BCUT2D eigenvalue weighted by Crippen LogP contribution is 2.68. The minimum absolute atomic E-state index is 0.681. The summed E-state index contributed by atoms with van der Waals surface area (Å²) >= 11 is 0. The maximum atomic E-state index is 2.60. The SMILES string of the molecule is CC=C(CCCCC)C1CCC2C3CCC(C)CC3C(CCCCCCCC)(CCCCCCCC)C2C1. The molecule has 0 aromatic carbocycles. The Labute approximate surface area is 241 Å². The van der Waals surface area contributed by atoms with Crippen molar-refractivity contribution in [3.05, 3.63) is 11.6 Å². The van der Waals surface area contributed by atoms with Crippen LogP contribution in [0.15, 0.2) is 11.6 Å². The molecule has 0 aliphatic heterocycles. The van der Waals surface area contributed by atoms with E-state index in [-0.39, 0.29) is 0 Å². The Morgan fingerprint density at radius 1 is 0.605 bits per heavy atom. The standard InChI is InChI=1S/C38H70/c1-6-10-13-15-17-20-27-38(28-21-18-16-14-11-7-2)36-29-31(5)23-25-34(36)35-26-24-33(30-37(35)38)32(9-4)22-19-12-8-3/h9,31,33-37H,6-8,10-30H2,1-5H3. The zero-order chi connectivity index (χ0) is 27.2. The van der Waals surface area contributed by atoms with E-state index >= 15 is 0 Å². The quantitative estimate of drug-likeness (QED) is 0.116. The summed E-state index contributed by atoms with van der Waals surface area (Å²) in [6.07, 6.45) is 38.2. The van der Waals surface area contributed by atoms with Gasteiger partial charge in [-0.2, -0.15) is 0 Å². The number of fused-ring (bicyclic) bond motifs is 3. The van der Waals surface area contributed by atoms with Crippen LogP contribution in [0.3, 0.4) is 0 Å². The highest BCUT2D eigenvalue weighted by Gasteiger charge is 2.60. The molecule has 6 atom stereocenters. The van der Waals surface area contributed by atoms with Gasteiger partial charge >= 0.3 is 0 Å². The Morgan fingerprint density at radius 2 is 1.11 bits per heavy atom. The molecule has 0 heterocycles. The second-order valence-corrected chi connectivity index (χ2v) is 14.6. The Bertz CT molecular complexity index is 626. The Morgan fingerprint density at radius 3 is 1.68 bits per heavy atom. The molecule has 0 aromatic heterocycles. The molecule has 0 amide bonds. The van der Waals surface area contributed by atoms with Gasteiger partial charge in [0.15, 0.2) is 0 Å². The van der Waals surface area contributed by atoms with Crippen LogP contribution in [0.2, 0.25) is 0 Å². The van der Waals surface area contributed by atoms with Crippen molar-refractivity contribution >= 4 is 0 Å². The largest absolute Gasteiger partial charge is 0.0882 e. The van der Waals surface area contributed by atoms with Gasteiger partial charge in [-0.25, -0.2) is 0 Å². The molecular weight excluding hydrogens is 456 g/mol. The summed E-state index contributed by atoms with van der Waals surface area (Å²) in [5, 5.41) is 0. The van der Waals surface area contributed by atoms with E-state index in [0.29, 0.717) is 5.41 Å². The topological polar surface area (TPSA) is 0 Å². The first-order chi connectivity index (χ1) is 18.6. The van der Waals surface area contributed by atoms with E-state index in [1.165, 1.54) is 116 Å². The Hall–Kier alpha value is -0.260. The molecule has 3 fully saturated rings. The summed E-state index contributed by atoms with van der Waals surface area (Å²) in [7, 11) is 0. The summed E-state index contributed by atoms with van der Waals surface area (Å²) in [5.74, 6) is 6.11. The van der Waals surface area contributed by atoms with Gasteiger partial charge in [0.25, 0.3) is 0 Å². The summed E-state index contributed by atoms with van der Waals surface area (Å²) in [5.41, 5.74) is 2.54. The number of unbranched alkanes of at least 4 members (excludes halogenated alkanes) is 12. The van der Waals surface area contributed by atoms with Gasteiger partial charge in [0.1, 0.15) is 0 Å². The van der Waals surface area contributed by atoms with Crippen molar-refractivity contribution in [2.75, 3.05) is 0 Å². The molecule has 3 aliphatic rings. The van der Waals surface area contributed by atoms with E-state index in [4.69, 9.17) is 0 Å². The van der Waals surface area contributed by atoms with Gasteiger partial charge in [0.05, 0.1) is 0 Å². The van der Waals surface area contributed by atoms with Gasteiger partial charge in [0, 0.05) is 0 Å². The van der Waals surface area contributed by atoms with Crippen LogP contribution in [0.5, 0.6) is 0 Å². The van der Waals surface area contributed by atoms with Crippen molar-refractivity contribution in [2.24, 2.45) is 40.9 Å². The molecule has 6 unspecified atom stereocenters. The molecular formula is C38H70. The van der Waals surface area contributed by atoms with Crippen molar-refractivity contribution in [1.29, 1.82) is 0 Å². The summed E-state index contributed by atoms with van der Waals surface area (Å²) in [4.78, 5) is 0. The number of hydrogen-bond acceptors (Lipinski definition) is 0. The zero-order valence-corrected chi connectivity index (χ0v) is 27.0. The fourth-order valence-corrected chi connectivity index (χ4v) is 10.1. The molecule has 3 rings (SSSR count). The summed E-state index contributed by atoms with van der Waals surface area (Å²) in [6.45, 7) is 12.1. The van der Waals surface area contributed by atoms with Crippen LogP contribution in [0.1, 0.15) is 189 Å². The van der Waals surface area contributed by atoms with Crippen LogP contribution < -0.4 is 0 Å². The van der Waals surface area contributed by atoms with Gasteiger partial charge in [-0.15, -0.1) is 0 Å². The highest BCUT2D eigenvalue weighted by atomic mass is 14.6. The summed E-state index contributed by atoms with van der Waals surface area (Å²) in [6, 6.07) is 0. The van der Waals surface area contributed by atoms with Crippen LogP contribution >= 0.6 is 0 Å². The van der Waals surface area contributed by atoms with E-state index < -0.39 is 0 Å². The predicted molar refractivity (Wildman–Crippen MR) is 171 cm³/mol. The number of rotatable bonds is 19. The van der Waals surface area contributed by atoms with E-state index in [1.54, 1.807) is 38.5 Å². The van der Waals surface area contributed by atoms with Crippen LogP contribution in [0.25, 0.3) is 0 Å². The first kappa shape index (κ1) is 32.3. The van der Waals surface area contributed by atoms with Gasteiger partial charge in [0.2, 0.25) is 0 Å². The highest BCUT2D eigenvalue weighted by molar-refractivity contribution is 5.14. The average Bonchev–Trinajstić information content (AvgIpc) is 3.19. The average molecular weight is 527 g/mol. The molecule has 222 valence electrons. The minimum atomic E-state index is 0.681. The number of hydrogen-bond donors (Lipinski definition) is 0. The Balaban J connectivity index is 1.79. The number of allylic oxidation sites excluding steroid dienone is 2. The third-order valence-electron chi connectivity index (χ3n) is 12.1. The van der Waals surface area contributed by atoms with Crippen molar-refractivity contribution in [2.45, 2.75) is 189 Å². The lowest BCUT2D eigenvalue weighted by Gasteiger charge is -2.47. The molecule has 0 heteroatoms. The van der Waals surface area contributed by atoms with Crippen molar-refractivity contribution in [3.8, 4) is 0 Å². The fraction of sp³-hybridized carbons (Fsp3) is 0.947. The molecule has 0 radical (unpaired) electrons. The van der Waals surface area contributed by atoms with Crippen molar-refractivity contribution < 1.29 is 0 Å². The van der Waals surface area contributed by atoms with Crippen molar-refractivity contribution in [3.63, 3.8) is 0 Å². The second-order valence-electron chi connectivity index (χ2n) is 14.6. The van der Waals surface area contributed by atoms with Crippen LogP contribution in [0.4, 0.5) is 0 Å². The first-order valence-electron chi connectivity index (χ1n) is 18.3. The molecule has 0 aromatic rings. The van der Waals surface area contributed by atoms with Crippen LogP contribution in [-0.4, -0.2) is 0 Å². The van der Waals surface area contributed by atoms with Gasteiger partial charge < -0.3 is 0 Å². The smallest absolute Gasteiger partial charge is 0.0200 e. The van der Waals surface area contributed by atoms with Gasteiger partial charge in [-0.05, 0) is 106 Å². The van der Waals surface area contributed by atoms with E-state index in [0.717, 1.165) is 35.5 Å². The minimum Gasteiger partial charge on any atom is -0.0882 e. The van der Waals surface area contributed by atoms with Crippen LogP contribution in [0, 0.1) is 40.9 Å². The Kier molecular flexibility index (Phi) is 14.9. The first-order valence-corrected chi connectivity index (χ1v) is 18.3. The molecule has 3 aliphatic carbocycles. The van der Waals surface area contributed by atoms with E-state index in [2.05, 4.69) is 40.7 Å². The molecule has 0 nitrogen and oxygen atoms in total. The van der Waals surface area contributed by atoms with E-state index in [1.807, 2.05) is 5.57 Å². The van der Waals surface area contributed by atoms with E-state index in [9.17, 15) is 0 Å². The molecule has 38 heavy (non-hydrogen) atoms.